The molecule has 0 bridgehead atoms. The zero-order valence-electron chi connectivity index (χ0n) is 2.83. The summed E-state index contributed by atoms with van der Waals surface area (Å²) in [5, 5.41) is 0. The van der Waals surface area contributed by atoms with Gasteiger partial charge in [-0.25, -0.2) is 0 Å². The third kappa shape index (κ3) is 9.35. The quantitative estimate of drug-likeness (QED) is 0.296. The van der Waals surface area contributed by atoms with Crippen LogP contribution in [0.3, 0.4) is 0 Å². The van der Waals surface area contributed by atoms with Gasteiger partial charge in [0.25, 0.3) is 0 Å². The first-order valence-electron chi connectivity index (χ1n) is 0. The fourth-order valence-corrected chi connectivity index (χ4v) is 0. The second-order valence-corrected chi connectivity index (χ2v) is 0. The van der Waals surface area contributed by atoms with E-state index in [0.29, 0.717) is 0 Å². The molecule has 0 heterocycles. The van der Waals surface area contributed by atoms with Crippen LogP contribution in [0.1, 0.15) is 0 Å². The van der Waals surface area contributed by atoms with Crippen molar-refractivity contribution in [3.8, 4) is 0 Å². The van der Waals surface area contributed by atoms with Crippen LogP contribution in [0.15, 0.2) is 0 Å². The first-order valence-corrected chi connectivity index (χ1v) is 0. The topological polar surface area (TPSA) is 30.0 Å². The molecule has 0 atom stereocenters. The molecule has 4 heteroatoms. The van der Waals surface area contributed by atoms with Crippen molar-refractivity contribution >= 4 is 0 Å². The van der Waals surface area contributed by atoms with E-state index in [4.69, 9.17) is 0 Å². The summed E-state index contributed by atoms with van der Waals surface area (Å²) in [6, 6.07) is 0. The summed E-state index contributed by atoms with van der Waals surface area (Å²) in [7, 11) is 0. The molecule has 0 unspecified atom stereocenters. The molecule has 0 aliphatic heterocycles. The molecule has 0 aliphatic carbocycles. The zero-order chi connectivity index (χ0) is 0. The van der Waals surface area contributed by atoms with Gasteiger partial charge in [0.2, 0.25) is 0 Å². The van der Waals surface area contributed by atoms with Crippen molar-refractivity contribution in [3.63, 3.8) is 0 Å². The molecule has 0 aromatic carbocycles. The molecule has 0 rings (SSSR count). The zero-order valence-corrected chi connectivity index (χ0v) is 11.2. The van der Waals surface area contributed by atoms with Crippen LogP contribution < -0.4 is 127 Å². The fraction of sp³-hybridized carbons (Fsp3) is 0. The van der Waals surface area contributed by atoms with E-state index in [-0.39, 0.29) is 132 Å². The standard InChI is InChI=1S/HI.2K.H2O/h1H;;;1H2/q;2*+1;/p-2. The van der Waals surface area contributed by atoms with Crippen LogP contribution in [0.4, 0.5) is 0 Å². The third-order valence-electron chi connectivity index (χ3n) is 0. The normalized spacial score (nSPS) is 0. The Balaban J connectivity index is 0. The average molecular weight is 222 g/mol. The average Bonchev–Trinajstić information content (AvgIpc) is 0. The molecule has 1 N–H and O–H groups in total. The number of halogens is 1. The van der Waals surface area contributed by atoms with Gasteiger partial charge in [-0.1, -0.05) is 0 Å². The van der Waals surface area contributed by atoms with E-state index in [1.54, 1.807) is 0 Å². The van der Waals surface area contributed by atoms with Crippen LogP contribution in [0.2, 0.25) is 0 Å². The van der Waals surface area contributed by atoms with Gasteiger partial charge in [-0.3, -0.25) is 0 Å². The Morgan fingerprint density at radius 3 is 0.750 bits per heavy atom. The van der Waals surface area contributed by atoms with E-state index in [0.717, 1.165) is 0 Å². The Morgan fingerprint density at radius 1 is 0.750 bits per heavy atom. The van der Waals surface area contributed by atoms with Gasteiger partial charge in [0, 0.05) is 0 Å². The minimum atomic E-state index is 0. The molecule has 0 saturated heterocycles. The van der Waals surface area contributed by atoms with Crippen LogP contribution in [-0.2, 0) is 0 Å². The van der Waals surface area contributed by atoms with Crippen molar-refractivity contribution < 1.29 is 132 Å². The SMILES string of the molecule is [I-].[K+].[K+].[OH-]. The Kier molecular flexibility index (Phi) is 96.9. The van der Waals surface area contributed by atoms with Crippen molar-refractivity contribution in [1.29, 1.82) is 0 Å². The molecule has 0 radical (unpaired) electrons. The molecule has 4 heavy (non-hydrogen) atoms. The minimum absolute atomic E-state index is 0. The van der Waals surface area contributed by atoms with Crippen LogP contribution in [0.25, 0.3) is 0 Å². The molecular formula is HIK2O. The summed E-state index contributed by atoms with van der Waals surface area (Å²) in [6.45, 7) is 0. The molecule has 0 aromatic rings. The van der Waals surface area contributed by atoms with Gasteiger partial charge in [0.15, 0.2) is 0 Å². The van der Waals surface area contributed by atoms with E-state index in [9.17, 15) is 0 Å². The van der Waals surface area contributed by atoms with E-state index >= 15 is 0 Å². The molecule has 0 aromatic heterocycles. The third-order valence-corrected chi connectivity index (χ3v) is 0. The van der Waals surface area contributed by atoms with Gasteiger partial charge >= 0.3 is 103 Å². The van der Waals surface area contributed by atoms with Gasteiger partial charge in [-0.15, -0.1) is 0 Å². The maximum Gasteiger partial charge on any atom is 1.00 e. The predicted molar refractivity (Wildman–Crippen MR) is 1.94 cm³/mol. The Labute approximate surface area is 128 Å². The van der Waals surface area contributed by atoms with Crippen molar-refractivity contribution in [2.24, 2.45) is 0 Å². The maximum atomic E-state index is 0. The predicted octanol–water partition coefficient (Wildman–Crippen LogP) is -9.16. The fourth-order valence-electron chi connectivity index (χ4n) is 0. The molecular weight excluding hydrogens is 221 g/mol. The van der Waals surface area contributed by atoms with Gasteiger partial charge < -0.3 is 29.5 Å². The van der Waals surface area contributed by atoms with E-state index in [1.807, 2.05) is 0 Å². The summed E-state index contributed by atoms with van der Waals surface area (Å²) >= 11 is 0. The Bertz CT molecular complexity index is 6.00. The number of hydrogen-bond acceptors (Lipinski definition) is 1. The molecule has 0 saturated carbocycles. The summed E-state index contributed by atoms with van der Waals surface area (Å²) in [5.41, 5.74) is 0. The van der Waals surface area contributed by atoms with Crippen molar-refractivity contribution in [3.05, 3.63) is 0 Å². The van der Waals surface area contributed by atoms with Crippen molar-refractivity contribution in [2.75, 3.05) is 0 Å². The van der Waals surface area contributed by atoms with Crippen molar-refractivity contribution in [2.45, 2.75) is 0 Å². The minimum Gasteiger partial charge on any atom is -1.00 e. The Morgan fingerprint density at radius 2 is 0.750 bits per heavy atom. The van der Waals surface area contributed by atoms with Crippen LogP contribution in [0, 0.1) is 0 Å². The van der Waals surface area contributed by atoms with Gasteiger partial charge in [0.05, 0.1) is 0 Å². The van der Waals surface area contributed by atoms with E-state index in [1.165, 1.54) is 0 Å². The number of hydrogen-bond donors (Lipinski definition) is 0. The van der Waals surface area contributed by atoms with Crippen LogP contribution in [-0.4, -0.2) is 5.48 Å². The Hall–Kier alpha value is 3.96. The summed E-state index contributed by atoms with van der Waals surface area (Å²) in [6.07, 6.45) is 0. The summed E-state index contributed by atoms with van der Waals surface area (Å²) in [5.74, 6) is 0. The number of rotatable bonds is 0. The van der Waals surface area contributed by atoms with E-state index < -0.39 is 0 Å². The van der Waals surface area contributed by atoms with Crippen molar-refractivity contribution in [1.82, 2.24) is 0 Å². The summed E-state index contributed by atoms with van der Waals surface area (Å²) < 4.78 is 0. The maximum absolute atomic E-state index is 0. The molecule has 0 aliphatic rings. The van der Waals surface area contributed by atoms with Crippen LogP contribution in [0.5, 0.6) is 0 Å². The van der Waals surface area contributed by atoms with E-state index in [2.05, 4.69) is 0 Å². The first-order chi connectivity index (χ1) is 0. The molecule has 16 valence electrons. The second-order valence-electron chi connectivity index (χ2n) is 0. The van der Waals surface area contributed by atoms with Gasteiger partial charge in [-0.05, 0) is 0 Å². The summed E-state index contributed by atoms with van der Waals surface area (Å²) in [4.78, 5) is 0. The smallest absolute Gasteiger partial charge is 1.00 e. The molecule has 1 nitrogen and oxygen atoms in total. The van der Waals surface area contributed by atoms with Gasteiger partial charge in [-0.2, -0.15) is 0 Å². The first kappa shape index (κ1) is 24.6. The monoisotopic (exact) mass is 222 g/mol. The van der Waals surface area contributed by atoms with Crippen LogP contribution >= 0.6 is 0 Å². The second kappa shape index (κ2) is 15.8. The molecule has 0 spiro atoms. The molecule has 0 fully saturated rings. The molecule has 0 amide bonds. The van der Waals surface area contributed by atoms with Gasteiger partial charge in [0.1, 0.15) is 0 Å². The largest absolute Gasteiger partial charge is 1.00 e.